The van der Waals surface area contributed by atoms with Crippen molar-refractivity contribution in [2.45, 2.75) is 18.9 Å². The minimum Gasteiger partial charge on any atom is -0.340 e. The average Bonchev–Trinajstić information content (AvgIpc) is 3.38. The number of carbonyl (C=O) groups excluding carboxylic acids is 1. The summed E-state index contributed by atoms with van der Waals surface area (Å²) >= 11 is 0. The summed E-state index contributed by atoms with van der Waals surface area (Å²) in [5, 5.41) is 8.87. The average molecular weight is 348 g/mol. The van der Waals surface area contributed by atoms with Crippen molar-refractivity contribution in [2.24, 2.45) is 13.0 Å². The Morgan fingerprint density at radius 3 is 2.77 bits per heavy atom. The van der Waals surface area contributed by atoms with Crippen molar-refractivity contribution in [3.63, 3.8) is 0 Å². The Morgan fingerprint density at radius 1 is 1.15 bits per heavy atom. The topological polar surface area (TPSA) is 68.8 Å². The lowest BCUT2D eigenvalue weighted by atomic mass is 9.93. The molecule has 2 aliphatic heterocycles. The number of benzene rings is 1. The normalized spacial score (nSPS) is 21.5. The molecule has 3 aromatic rings. The molecule has 7 heteroatoms. The first-order chi connectivity index (χ1) is 12.7. The maximum atomic E-state index is 12.8. The van der Waals surface area contributed by atoms with Crippen molar-refractivity contribution in [3.8, 4) is 11.4 Å². The molecule has 1 fully saturated rings. The zero-order valence-electron chi connectivity index (χ0n) is 14.6. The molecule has 0 spiro atoms. The van der Waals surface area contributed by atoms with Gasteiger partial charge in [-0.05, 0) is 12.3 Å². The summed E-state index contributed by atoms with van der Waals surface area (Å²) in [5.41, 5.74) is 1.58. The van der Waals surface area contributed by atoms with Gasteiger partial charge in [-0.2, -0.15) is 0 Å². The molecule has 1 amide bonds. The van der Waals surface area contributed by atoms with E-state index in [1.807, 2.05) is 34.7 Å². The molecule has 0 aliphatic carbocycles. The van der Waals surface area contributed by atoms with E-state index < -0.39 is 0 Å². The highest BCUT2D eigenvalue weighted by molar-refractivity contribution is 5.92. The standard InChI is InChI=1S/C19H20N6O/c1-23-10-15(20-12-23)19(26)24-9-14-7-8-17-21-22-18(25(17)16(14)11-24)13-5-3-2-4-6-13/h2-6,10,12,14,16H,7-9,11H2,1H3/t14-,16+/m1/s1. The Balaban J connectivity index is 1.47. The van der Waals surface area contributed by atoms with Crippen molar-refractivity contribution >= 4 is 5.91 Å². The van der Waals surface area contributed by atoms with Crippen molar-refractivity contribution in [3.05, 3.63) is 54.4 Å². The molecule has 2 atom stereocenters. The van der Waals surface area contributed by atoms with Crippen molar-refractivity contribution in [1.82, 2.24) is 29.2 Å². The van der Waals surface area contributed by atoms with Crippen LogP contribution in [0.15, 0.2) is 42.9 Å². The van der Waals surface area contributed by atoms with Gasteiger partial charge < -0.3 is 14.0 Å². The van der Waals surface area contributed by atoms with E-state index in [0.29, 0.717) is 18.2 Å². The van der Waals surface area contributed by atoms with E-state index in [2.05, 4.69) is 31.9 Å². The Labute approximate surface area is 151 Å². The number of likely N-dealkylation sites (tertiary alicyclic amines) is 1. The number of rotatable bonds is 2. The Bertz CT molecular complexity index is 960. The van der Waals surface area contributed by atoms with E-state index in [9.17, 15) is 4.79 Å². The van der Waals surface area contributed by atoms with Gasteiger partial charge in [0.25, 0.3) is 5.91 Å². The predicted octanol–water partition coefficient (Wildman–Crippen LogP) is 1.94. The van der Waals surface area contributed by atoms with E-state index in [-0.39, 0.29) is 11.9 Å². The molecule has 7 nitrogen and oxygen atoms in total. The quantitative estimate of drug-likeness (QED) is 0.710. The molecule has 0 unspecified atom stereocenters. The largest absolute Gasteiger partial charge is 0.340 e. The third-order valence-electron chi connectivity index (χ3n) is 5.49. The first-order valence-electron chi connectivity index (χ1n) is 8.97. The molecule has 5 rings (SSSR count). The molecule has 0 saturated carbocycles. The van der Waals surface area contributed by atoms with Gasteiger partial charge in [-0.25, -0.2) is 4.98 Å². The number of aryl methyl sites for hydroxylation is 2. The van der Waals surface area contributed by atoms with Crippen LogP contribution in [-0.4, -0.2) is 48.2 Å². The first-order valence-corrected chi connectivity index (χ1v) is 8.97. The smallest absolute Gasteiger partial charge is 0.274 e. The van der Waals surface area contributed by atoms with Gasteiger partial charge in [0.1, 0.15) is 11.5 Å². The van der Waals surface area contributed by atoms with E-state index in [4.69, 9.17) is 0 Å². The monoisotopic (exact) mass is 348 g/mol. The molecule has 132 valence electrons. The van der Waals surface area contributed by atoms with E-state index in [1.54, 1.807) is 12.5 Å². The maximum absolute atomic E-state index is 12.8. The molecule has 1 aromatic carbocycles. The highest BCUT2D eigenvalue weighted by atomic mass is 16.2. The van der Waals surface area contributed by atoms with Gasteiger partial charge in [-0.1, -0.05) is 30.3 Å². The first kappa shape index (κ1) is 15.3. The minimum atomic E-state index is 0.0101. The zero-order valence-corrected chi connectivity index (χ0v) is 14.6. The molecular formula is C19H20N6O. The number of nitrogens with zero attached hydrogens (tertiary/aromatic N) is 6. The number of aromatic nitrogens is 5. The summed E-state index contributed by atoms with van der Waals surface area (Å²) in [7, 11) is 1.88. The lowest BCUT2D eigenvalue weighted by Gasteiger charge is -2.27. The summed E-state index contributed by atoms with van der Waals surface area (Å²) in [6, 6.07) is 10.4. The molecule has 2 aromatic heterocycles. The van der Waals surface area contributed by atoms with Crippen LogP contribution in [0.25, 0.3) is 11.4 Å². The van der Waals surface area contributed by atoms with Crippen molar-refractivity contribution in [1.29, 1.82) is 0 Å². The summed E-state index contributed by atoms with van der Waals surface area (Å²) < 4.78 is 4.07. The molecule has 0 N–H and O–H groups in total. The minimum absolute atomic E-state index is 0.0101. The molecule has 2 aliphatic rings. The van der Waals surface area contributed by atoms with Crippen LogP contribution in [0.3, 0.4) is 0 Å². The van der Waals surface area contributed by atoms with Crippen LogP contribution in [0.4, 0.5) is 0 Å². The Morgan fingerprint density at radius 2 is 2.00 bits per heavy atom. The number of amides is 1. The van der Waals surface area contributed by atoms with Crippen LogP contribution in [0.5, 0.6) is 0 Å². The van der Waals surface area contributed by atoms with E-state index >= 15 is 0 Å². The SMILES string of the molecule is Cn1cnc(C(=O)N2C[C@H]3CCc4nnc(-c5ccccc5)n4[C@H]3C2)c1. The second-order valence-electron chi connectivity index (χ2n) is 7.18. The third-order valence-corrected chi connectivity index (χ3v) is 5.49. The van der Waals surface area contributed by atoms with Crippen molar-refractivity contribution in [2.75, 3.05) is 13.1 Å². The molecule has 1 saturated heterocycles. The van der Waals surface area contributed by atoms with Crippen LogP contribution in [0.2, 0.25) is 0 Å². The summed E-state index contributed by atoms with van der Waals surface area (Å²) in [6.07, 6.45) is 5.40. The van der Waals surface area contributed by atoms with Gasteiger partial charge in [0.15, 0.2) is 5.82 Å². The number of fused-ring (bicyclic) bond motifs is 3. The van der Waals surface area contributed by atoms with Gasteiger partial charge in [0.05, 0.1) is 12.4 Å². The van der Waals surface area contributed by atoms with Gasteiger partial charge in [0, 0.05) is 38.3 Å². The molecule has 26 heavy (non-hydrogen) atoms. The maximum Gasteiger partial charge on any atom is 0.274 e. The molecule has 4 heterocycles. The number of imidazole rings is 1. The van der Waals surface area contributed by atoms with Crippen LogP contribution in [0, 0.1) is 5.92 Å². The Kier molecular flexibility index (Phi) is 3.41. The summed E-state index contributed by atoms with van der Waals surface area (Å²) in [6.45, 7) is 1.46. The van der Waals surface area contributed by atoms with Crippen LogP contribution >= 0.6 is 0 Å². The van der Waals surface area contributed by atoms with Gasteiger partial charge in [-0.3, -0.25) is 4.79 Å². The third kappa shape index (κ3) is 2.34. The second kappa shape index (κ2) is 5.79. The fraction of sp³-hybridized carbons (Fsp3) is 0.368. The number of hydrogen-bond acceptors (Lipinski definition) is 4. The van der Waals surface area contributed by atoms with Crippen molar-refractivity contribution < 1.29 is 4.79 Å². The van der Waals surface area contributed by atoms with Gasteiger partial charge in [-0.15, -0.1) is 10.2 Å². The van der Waals surface area contributed by atoms with Crippen LogP contribution in [0.1, 0.15) is 28.8 Å². The predicted molar refractivity (Wildman–Crippen MR) is 95.4 cm³/mol. The second-order valence-corrected chi connectivity index (χ2v) is 7.18. The fourth-order valence-electron chi connectivity index (χ4n) is 4.22. The highest BCUT2D eigenvalue weighted by Crippen LogP contribution is 2.39. The van der Waals surface area contributed by atoms with E-state index in [1.165, 1.54) is 0 Å². The lowest BCUT2D eigenvalue weighted by molar-refractivity contribution is 0.0779. The fourth-order valence-corrected chi connectivity index (χ4v) is 4.22. The van der Waals surface area contributed by atoms with Crippen LogP contribution < -0.4 is 0 Å². The van der Waals surface area contributed by atoms with Crippen LogP contribution in [-0.2, 0) is 13.5 Å². The summed E-state index contributed by atoms with van der Waals surface area (Å²) in [4.78, 5) is 19.0. The number of carbonyl (C=O) groups is 1. The zero-order chi connectivity index (χ0) is 17.7. The molecular weight excluding hydrogens is 328 g/mol. The van der Waals surface area contributed by atoms with Gasteiger partial charge in [0.2, 0.25) is 0 Å². The van der Waals surface area contributed by atoms with E-state index in [0.717, 1.165) is 36.6 Å². The molecule has 0 bridgehead atoms. The Hall–Kier alpha value is -2.96. The summed E-state index contributed by atoms with van der Waals surface area (Å²) in [5.74, 6) is 2.38. The lowest BCUT2D eigenvalue weighted by Crippen LogP contribution is -2.29. The highest BCUT2D eigenvalue weighted by Gasteiger charge is 2.41. The number of hydrogen-bond donors (Lipinski definition) is 0. The van der Waals surface area contributed by atoms with Gasteiger partial charge >= 0.3 is 0 Å². The molecule has 0 radical (unpaired) electrons.